The Morgan fingerprint density at radius 3 is 2.57 bits per heavy atom. The highest BCUT2D eigenvalue weighted by atomic mass is 127. The van der Waals surface area contributed by atoms with Gasteiger partial charge in [0.05, 0.1) is 35.0 Å². The third-order valence-electron chi connectivity index (χ3n) is 4.75. The second kappa shape index (κ2) is 8.27. The second-order valence-corrected chi connectivity index (χ2v) is 7.80. The smallest absolute Gasteiger partial charge is 0.265 e. The van der Waals surface area contributed by atoms with E-state index in [1.807, 2.05) is 36.4 Å². The van der Waals surface area contributed by atoms with E-state index in [1.54, 1.807) is 37.3 Å². The highest BCUT2D eigenvalue weighted by Crippen LogP contribution is 2.28. The van der Waals surface area contributed by atoms with Gasteiger partial charge in [-0.15, -0.1) is 0 Å². The van der Waals surface area contributed by atoms with Gasteiger partial charge >= 0.3 is 0 Å². The maximum Gasteiger partial charge on any atom is 0.265 e. The van der Waals surface area contributed by atoms with Gasteiger partial charge in [-0.05, 0) is 65.9 Å². The first kappa shape index (κ1) is 20.1. The number of amides is 1. The van der Waals surface area contributed by atoms with Crippen LogP contribution in [-0.4, -0.2) is 22.6 Å². The van der Waals surface area contributed by atoms with Crippen LogP contribution in [0.4, 0.5) is 5.69 Å². The summed E-state index contributed by atoms with van der Waals surface area (Å²) in [6.07, 6.45) is 0. The zero-order valence-corrected chi connectivity index (χ0v) is 18.5. The lowest BCUT2D eigenvalue weighted by Crippen LogP contribution is -2.22. The molecule has 1 aromatic heterocycles. The predicted octanol–water partition coefficient (Wildman–Crippen LogP) is 4.56. The van der Waals surface area contributed by atoms with E-state index in [-0.39, 0.29) is 11.5 Å². The molecule has 30 heavy (non-hydrogen) atoms. The molecule has 0 aliphatic heterocycles. The third-order valence-corrected chi connectivity index (χ3v) is 5.69. The maximum absolute atomic E-state index is 13.0. The SMILES string of the molecule is COc1cc(-n2c(C)nc3ccccc3c2=O)ccc1NC(=O)c1ccccc1I. The summed E-state index contributed by atoms with van der Waals surface area (Å²) in [4.78, 5) is 30.3. The molecule has 1 amide bonds. The van der Waals surface area contributed by atoms with Crippen molar-refractivity contribution in [1.29, 1.82) is 0 Å². The van der Waals surface area contributed by atoms with Crippen molar-refractivity contribution in [2.75, 3.05) is 12.4 Å². The molecule has 0 saturated carbocycles. The maximum atomic E-state index is 13.0. The fraction of sp³-hybridized carbons (Fsp3) is 0.0870. The van der Waals surface area contributed by atoms with E-state index in [4.69, 9.17) is 4.74 Å². The van der Waals surface area contributed by atoms with Crippen LogP contribution in [-0.2, 0) is 0 Å². The van der Waals surface area contributed by atoms with Crippen LogP contribution in [0.25, 0.3) is 16.6 Å². The average Bonchev–Trinajstić information content (AvgIpc) is 2.75. The van der Waals surface area contributed by atoms with Gasteiger partial charge < -0.3 is 10.1 Å². The fourth-order valence-electron chi connectivity index (χ4n) is 3.31. The molecule has 0 aliphatic carbocycles. The zero-order chi connectivity index (χ0) is 21.3. The lowest BCUT2D eigenvalue weighted by molar-refractivity contribution is 0.102. The molecule has 1 N–H and O–H groups in total. The molecule has 150 valence electrons. The number of carbonyl (C=O) groups excluding carboxylic acids is 1. The van der Waals surface area contributed by atoms with Crippen molar-refractivity contribution in [3.63, 3.8) is 0 Å². The second-order valence-electron chi connectivity index (χ2n) is 6.64. The summed E-state index contributed by atoms with van der Waals surface area (Å²) in [5.41, 5.74) is 2.21. The highest BCUT2D eigenvalue weighted by Gasteiger charge is 2.15. The van der Waals surface area contributed by atoms with E-state index in [0.29, 0.717) is 39.4 Å². The Balaban J connectivity index is 1.75. The molecule has 0 unspecified atom stereocenters. The van der Waals surface area contributed by atoms with E-state index in [1.165, 1.54) is 11.7 Å². The molecular formula is C23H18IN3O3. The van der Waals surface area contributed by atoms with E-state index in [2.05, 4.69) is 32.9 Å². The Hall–Kier alpha value is -3.20. The van der Waals surface area contributed by atoms with Gasteiger partial charge in [0, 0.05) is 9.64 Å². The van der Waals surface area contributed by atoms with E-state index in [0.717, 1.165) is 3.57 Å². The number of fused-ring (bicyclic) bond motifs is 1. The number of aromatic nitrogens is 2. The number of para-hydroxylation sites is 1. The van der Waals surface area contributed by atoms with Crippen LogP contribution in [0, 0.1) is 10.5 Å². The number of anilines is 1. The summed E-state index contributed by atoms with van der Waals surface area (Å²) >= 11 is 2.13. The van der Waals surface area contributed by atoms with Gasteiger partial charge in [0.1, 0.15) is 11.6 Å². The lowest BCUT2D eigenvalue weighted by Gasteiger charge is -2.15. The van der Waals surface area contributed by atoms with Crippen LogP contribution in [0.15, 0.2) is 71.5 Å². The molecule has 0 spiro atoms. The topological polar surface area (TPSA) is 73.2 Å². The minimum Gasteiger partial charge on any atom is -0.494 e. The molecule has 0 fully saturated rings. The predicted molar refractivity (Wildman–Crippen MR) is 126 cm³/mol. The largest absolute Gasteiger partial charge is 0.494 e. The molecule has 0 atom stereocenters. The fourth-order valence-corrected chi connectivity index (χ4v) is 3.94. The molecule has 1 heterocycles. The number of hydrogen-bond acceptors (Lipinski definition) is 4. The Morgan fingerprint density at radius 2 is 1.80 bits per heavy atom. The van der Waals surface area contributed by atoms with Crippen LogP contribution in [0.3, 0.4) is 0 Å². The lowest BCUT2D eigenvalue weighted by atomic mass is 10.2. The minimum atomic E-state index is -0.230. The van der Waals surface area contributed by atoms with Crippen LogP contribution < -0.4 is 15.6 Å². The quantitative estimate of drug-likeness (QED) is 0.408. The first-order chi connectivity index (χ1) is 14.5. The van der Waals surface area contributed by atoms with Gasteiger partial charge in [-0.3, -0.25) is 14.2 Å². The van der Waals surface area contributed by atoms with E-state index in [9.17, 15) is 9.59 Å². The Kier molecular flexibility index (Phi) is 5.54. The standard InChI is InChI=1S/C23H18IN3O3/c1-14-25-19-10-6-4-8-17(19)23(29)27(14)15-11-12-20(21(13-15)30-2)26-22(28)16-7-3-5-9-18(16)24/h3-13H,1-2H3,(H,26,28). The third kappa shape index (κ3) is 3.68. The van der Waals surface area contributed by atoms with Gasteiger partial charge in [-0.1, -0.05) is 24.3 Å². The first-order valence-corrected chi connectivity index (χ1v) is 10.3. The number of benzene rings is 3. The average molecular weight is 511 g/mol. The van der Waals surface area contributed by atoms with Crippen molar-refractivity contribution >= 4 is 45.1 Å². The van der Waals surface area contributed by atoms with E-state index < -0.39 is 0 Å². The summed E-state index contributed by atoms with van der Waals surface area (Å²) in [5.74, 6) is 0.786. The summed E-state index contributed by atoms with van der Waals surface area (Å²) in [5, 5.41) is 3.42. The number of rotatable bonds is 4. The minimum absolute atomic E-state index is 0.157. The van der Waals surface area contributed by atoms with Gasteiger partial charge in [0.15, 0.2) is 0 Å². The zero-order valence-electron chi connectivity index (χ0n) is 16.3. The molecular weight excluding hydrogens is 493 g/mol. The van der Waals surface area contributed by atoms with Crippen molar-refractivity contribution in [2.24, 2.45) is 0 Å². The number of nitrogens with zero attached hydrogens (tertiary/aromatic N) is 2. The number of carbonyl (C=O) groups is 1. The van der Waals surface area contributed by atoms with Crippen LogP contribution >= 0.6 is 22.6 Å². The number of halogens is 1. The Labute approximate surface area is 186 Å². The van der Waals surface area contributed by atoms with Crippen LogP contribution in [0.1, 0.15) is 16.2 Å². The van der Waals surface area contributed by atoms with Gasteiger partial charge in [-0.25, -0.2) is 4.98 Å². The molecule has 4 rings (SSSR count). The summed E-state index contributed by atoms with van der Waals surface area (Å²) in [6, 6.07) is 19.8. The van der Waals surface area contributed by atoms with Gasteiger partial charge in [0.2, 0.25) is 0 Å². The molecule has 7 heteroatoms. The normalized spacial score (nSPS) is 10.8. The molecule has 4 aromatic rings. The molecule has 0 bridgehead atoms. The van der Waals surface area contributed by atoms with Gasteiger partial charge in [0.25, 0.3) is 11.5 Å². The molecule has 0 saturated heterocycles. The first-order valence-electron chi connectivity index (χ1n) is 9.22. The van der Waals surface area contributed by atoms with Crippen LogP contribution in [0.2, 0.25) is 0 Å². The number of hydrogen-bond donors (Lipinski definition) is 1. The van der Waals surface area contributed by atoms with Crippen molar-refractivity contribution in [3.8, 4) is 11.4 Å². The Morgan fingerprint density at radius 1 is 1.07 bits per heavy atom. The summed E-state index contributed by atoms with van der Waals surface area (Å²) < 4.78 is 7.88. The number of methoxy groups -OCH3 is 1. The molecule has 3 aromatic carbocycles. The molecule has 6 nitrogen and oxygen atoms in total. The molecule has 0 radical (unpaired) electrons. The summed E-state index contributed by atoms with van der Waals surface area (Å²) in [7, 11) is 1.52. The van der Waals surface area contributed by atoms with Crippen molar-refractivity contribution in [3.05, 3.63) is 92.0 Å². The number of nitrogens with one attached hydrogen (secondary N) is 1. The van der Waals surface area contributed by atoms with E-state index >= 15 is 0 Å². The molecule has 0 aliphatic rings. The summed E-state index contributed by atoms with van der Waals surface area (Å²) in [6.45, 7) is 1.79. The monoisotopic (exact) mass is 511 g/mol. The van der Waals surface area contributed by atoms with Gasteiger partial charge in [-0.2, -0.15) is 0 Å². The number of aryl methyl sites for hydroxylation is 1. The van der Waals surface area contributed by atoms with Crippen molar-refractivity contribution in [2.45, 2.75) is 6.92 Å². The Bertz CT molecular complexity index is 1330. The number of ether oxygens (including phenoxy) is 1. The van der Waals surface area contributed by atoms with Crippen molar-refractivity contribution in [1.82, 2.24) is 9.55 Å². The van der Waals surface area contributed by atoms with Crippen LogP contribution in [0.5, 0.6) is 5.75 Å². The highest BCUT2D eigenvalue weighted by molar-refractivity contribution is 14.1. The van der Waals surface area contributed by atoms with Crippen molar-refractivity contribution < 1.29 is 9.53 Å².